The van der Waals surface area contributed by atoms with Gasteiger partial charge in [-0.25, -0.2) is 4.79 Å². The summed E-state index contributed by atoms with van der Waals surface area (Å²) in [4.78, 5) is 48.0. The zero-order chi connectivity index (χ0) is 31.2. The number of piperazine rings is 1. The number of amides is 2. The summed E-state index contributed by atoms with van der Waals surface area (Å²) in [5.74, 6) is -0.545. The predicted octanol–water partition coefficient (Wildman–Crippen LogP) is 4.07. The molecule has 1 unspecified atom stereocenters. The number of nitrogens with two attached hydrogens (primary N) is 1. The molecule has 0 bridgehead atoms. The van der Waals surface area contributed by atoms with Crippen LogP contribution in [0.15, 0.2) is 102 Å². The molecular weight excluding hydrogens is 570 g/mol. The molecule has 230 valence electrons. The van der Waals surface area contributed by atoms with E-state index in [0.29, 0.717) is 29.9 Å². The first kappa shape index (κ1) is 30.0. The summed E-state index contributed by atoms with van der Waals surface area (Å²) in [5.41, 5.74) is 8.91. The maximum absolute atomic E-state index is 12.9. The fourth-order valence-electron chi connectivity index (χ4n) is 5.67. The molecule has 0 spiro atoms. The van der Waals surface area contributed by atoms with Crippen LogP contribution in [0.5, 0.6) is 0 Å². The van der Waals surface area contributed by atoms with Crippen LogP contribution >= 0.6 is 0 Å². The van der Waals surface area contributed by atoms with Crippen molar-refractivity contribution in [3.63, 3.8) is 0 Å². The Hall–Kier alpha value is -5.06. The smallest absolute Gasteiger partial charge is 0.414 e. The van der Waals surface area contributed by atoms with E-state index in [1.54, 1.807) is 35.2 Å². The van der Waals surface area contributed by atoms with Crippen LogP contribution in [0, 0.1) is 0 Å². The average Bonchev–Trinajstić information content (AvgIpc) is 3.44. The molecule has 2 aliphatic rings. The summed E-state index contributed by atoms with van der Waals surface area (Å²) in [5, 5.41) is 1.77. The number of hydrogen-bond acceptors (Lipinski definition) is 7. The van der Waals surface area contributed by atoms with E-state index in [2.05, 4.69) is 14.8 Å². The van der Waals surface area contributed by atoms with Crippen LogP contribution in [-0.4, -0.2) is 85.5 Å². The van der Waals surface area contributed by atoms with Gasteiger partial charge in [0.05, 0.1) is 13.1 Å². The molecule has 10 heteroatoms. The minimum atomic E-state index is -0.414. The molecule has 2 heterocycles. The van der Waals surface area contributed by atoms with E-state index in [0.717, 1.165) is 42.5 Å². The Morgan fingerprint density at radius 3 is 2.31 bits per heavy atom. The van der Waals surface area contributed by atoms with Crippen LogP contribution < -0.4 is 10.6 Å². The van der Waals surface area contributed by atoms with Gasteiger partial charge in [0.15, 0.2) is 0 Å². The lowest BCUT2D eigenvalue weighted by Crippen LogP contribution is -2.50. The summed E-state index contributed by atoms with van der Waals surface area (Å²) in [6, 6.07) is 29.8. The highest BCUT2D eigenvalue weighted by Crippen LogP contribution is 2.24. The second-order valence-electron chi connectivity index (χ2n) is 11.2. The van der Waals surface area contributed by atoms with Gasteiger partial charge in [-0.15, -0.1) is 0 Å². The summed E-state index contributed by atoms with van der Waals surface area (Å²) in [6.45, 7) is 4.58. The van der Waals surface area contributed by atoms with Crippen molar-refractivity contribution >= 4 is 40.3 Å². The number of ether oxygens (including phenoxy) is 2. The van der Waals surface area contributed by atoms with Crippen LogP contribution in [0.2, 0.25) is 0 Å². The van der Waals surface area contributed by atoms with Crippen molar-refractivity contribution in [2.45, 2.75) is 12.7 Å². The Morgan fingerprint density at radius 1 is 0.844 bits per heavy atom. The summed E-state index contributed by atoms with van der Waals surface area (Å²) >= 11 is 0. The highest BCUT2D eigenvalue weighted by molar-refractivity contribution is 6.13. The van der Waals surface area contributed by atoms with Crippen molar-refractivity contribution in [1.82, 2.24) is 9.80 Å². The van der Waals surface area contributed by atoms with E-state index in [-0.39, 0.29) is 31.1 Å². The van der Waals surface area contributed by atoms with Gasteiger partial charge in [-0.2, -0.15) is 4.99 Å². The van der Waals surface area contributed by atoms with Crippen molar-refractivity contribution in [2.75, 3.05) is 50.7 Å². The molecule has 0 aromatic heterocycles. The van der Waals surface area contributed by atoms with E-state index >= 15 is 0 Å². The Bertz CT molecular complexity index is 1700. The first-order valence-corrected chi connectivity index (χ1v) is 15.0. The number of rotatable bonds is 9. The minimum absolute atomic E-state index is 0.102. The molecule has 0 saturated carbocycles. The van der Waals surface area contributed by atoms with Crippen LogP contribution in [0.25, 0.3) is 10.8 Å². The number of carbonyl (C=O) groups is 3. The third-order valence-electron chi connectivity index (χ3n) is 8.11. The Kier molecular flexibility index (Phi) is 9.14. The molecule has 4 aromatic rings. The number of anilines is 1. The highest BCUT2D eigenvalue weighted by atomic mass is 16.6. The lowest BCUT2D eigenvalue weighted by Gasteiger charge is -2.34. The molecule has 0 radical (unpaired) electrons. The maximum Gasteiger partial charge on any atom is 0.414 e. The number of esters is 1. The van der Waals surface area contributed by atoms with Gasteiger partial charge in [-0.05, 0) is 46.7 Å². The molecule has 2 fully saturated rings. The van der Waals surface area contributed by atoms with E-state index < -0.39 is 12.0 Å². The van der Waals surface area contributed by atoms with Crippen LogP contribution in [0.3, 0.4) is 0 Å². The number of cyclic esters (lactones) is 1. The first-order valence-electron chi connectivity index (χ1n) is 15.0. The number of carbonyl (C=O) groups excluding carboxylic acids is 3. The van der Waals surface area contributed by atoms with Crippen molar-refractivity contribution in [3.05, 3.63) is 114 Å². The summed E-state index contributed by atoms with van der Waals surface area (Å²) in [7, 11) is 0. The van der Waals surface area contributed by atoms with Gasteiger partial charge in [-0.1, -0.05) is 66.7 Å². The normalized spacial score (nSPS) is 17.8. The quantitative estimate of drug-likeness (QED) is 0.172. The Balaban J connectivity index is 0.979. The topological polar surface area (TPSA) is 118 Å². The predicted molar refractivity (Wildman–Crippen MR) is 172 cm³/mol. The van der Waals surface area contributed by atoms with E-state index in [4.69, 9.17) is 15.2 Å². The largest absolute Gasteiger partial charge is 0.460 e. The Labute approximate surface area is 261 Å². The third-order valence-corrected chi connectivity index (χ3v) is 8.11. The van der Waals surface area contributed by atoms with Gasteiger partial charge in [0.1, 0.15) is 18.5 Å². The van der Waals surface area contributed by atoms with Gasteiger partial charge in [-0.3, -0.25) is 24.3 Å². The van der Waals surface area contributed by atoms with Crippen LogP contribution in [0.4, 0.5) is 10.5 Å². The molecular formula is C35H35N5O5. The number of amidine groups is 1. The maximum atomic E-state index is 12.9. The van der Waals surface area contributed by atoms with Gasteiger partial charge in [0.25, 0.3) is 5.91 Å². The van der Waals surface area contributed by atoms with Gasteiger partial charge >= 0.3 is 12.1 Å². The van der Waals surface area contributed by atoms with Gasteiger partial charge < -0.3 is 15.2 Å². The molecule has 0 aliphatic carbocycles. The Morgan fingerprint density at radius 2 is 1.53 bits per heavy atom. The number of benzene rings is 4. The molecule has 1 atom stereocenters. The second kappa shape index (κ2) is 13.7. The van der Waals surface area contributed by atoms with Crippen molar-refractivity contribution in [1.29, 1.82) is 0 Å². The molecule has 2 amide bonds. The molecule has 2 N–H and O–H groups in total. The highest BCUT2D eigenvalue weighted by Gasteiger charge is 2.34. The van der Waals surface area contributed by atoms with Crippen molar-refractivity contribution in [3.8, 4) is 0 Å². The van der Waals surface area contributed by atoms with E-state index in [1.807, 2.05) is 66.7 Å². The summed E-state index contributed by atoms with van der Waals surface area (Å²) < 4.78 is 11.1. The average molecular weight is 606 g/mol. The fraction of sp³-hybridized carbons (Fsp3) is 0.257. The second-order valence-corrected chi connectivity index (χ2v) is 11.2. The number of fused-ring (bicyclic) bond motifs is 1. The standard InChI is InChI=1S/C35H35N5O5/c36-33(37-34(42)31-12-6-10-26-9-4-5-11-30(26)31)27-13-15-28(16-14-27)40-22-29(45-35(40)43)21-38-17-19-39(20-18-38)23-32(41)44-24-25-7-2-1-3-8-25/h1-16,29H,17-24H2,(H2,36,37,42). The molecule has 2 saturated heterocycles. The van der Waals surface area contributed by atoms with Crippen molar-refractivity contribution in [2.24, 2.45) is 10.7 Å². The number of aliphatic imine (C=N–C) groups is 1. The molecule has 6 rings (SSSR count). The van der Waals surface area contributed by atoms with Crippen LogP contribution in [-0.2, 0) is 20.9 Å². The summed E-state index contributed by atoms with van der Waals surface area (Å²) in [6.07, 6.45) is -0.676. The monoisotopic (exact) mass is 605 g/mol. The fourth-order valence-corrected chi connectivity index (χ4v) is 5.67. The number of hydrogen-bond donors (Lipinski definition) is 1. The zero-order valence-electron chi connectivity index (χ0n) is 24.9. The van der Waals surface area contributed by atoms with Gasteiger partial charge in [0.2, 0.25) is 0 Å². The minimum Gasteiger partial charge on any atom is -0.460 e. The molecule has 45 heavy (non-hydrogen) atoms. The lowest BCUT2D eigenvalue weighted by molar-refractivity contribution is -0.146. The van der Waals surface area contributed by atoms with Crippen LogP contribution in [0.1, 0.15) is 21.5 Å². The third kappa shape index (κ3) is 7.36. The van der Waals surface area contributed by atoms with Gasteiger partial charge in [0, 0.05) is 49.5 Å². The SMILES string of the molecule is NC(=NC(=O)c1cccc2ccccc12)c1ccc(N2CC(CN3CCN(CC(=O)OCc4ccccc4)CC3)OC2=O)cc1. The first-order chi connectivity index (χ1) is 21.9. The molecule has 4 aromatic carbocycles. The zero-order valence-corrected chi connectivity index (χ0v) is 24.9. The molecule has 2 aliphatic heterocycles. The van der Waals surface area contributed by atoms with E-state index in [9.17, 15) is 14.4 Å². The number of nitrogens with zero attached hydrogens (tertiary/aromatic N) is 4. The van der Waals surface area contributed by atoms with Crippen molar-refractivity contribution < 1.29 is 23.9 Å². The van der Waals surface area contributed by atoms with E-state index in [1.165, 1.54) is 0 Å². The molecule has 10 nitrogen and oxygen atoms in total. The lowest BCUT2D eigenvalue weighted by atomic mass is 10.0.